The lowest BCUT2D eigenvalue weighted by Gasteiger charge is -1.96. The third-order valence-corrected chi connectivity index (χ3v) is 2.71. The molecule has 0 aliphatic carbocycles. The first-order valence-corrected chi connectivity index (χ1v) is 5.89. The fourth-order valence-corrected chi connectivity index (χ4v) is 1.77. The Bertz CT molecular complexity index is 500. The zero-order chi connectivity index (χ0) is 11.4. The number of hydrogen-bond acceptors (Lipinski definition) is 1. The van der Waals surface area contributed by atoms with E-state index < -0.39 is 0 Å². The van der Waals surface area contributed by atoms with Crippen LogP contribution in [0.25, 0.3) is 12.2 Å². The highest BCUT2D eigenvalue weighted by molar-refractivity contribution is 9.10. The summed E-state index contributed by atoms with van der Waals surface area (Å²) in [4.78, 5) is 4.11. The molecule has 1 aromatic carbocycles. The van der Waals surface area contributed by atoms with Crippen molar-refractivity contribution in [2.75, 3.05) is 0 Å². The van der Waals surface area contributed by atoms with E-state index in [1.54, 1.807) is 6.20 Å². The number of rotatable bonds is 2. The highest BCUT2D eigenvalue weighted by atomic mass is 79.9. The molecule has 0 radical (unpaired) electrons. The van der Waals surface area contributed by atoms with Gasteiger partial charge in [-0.3, -0.25) is 4.98 Å². The van der Waals surface area contributed by atoms with Crippen LogP contribution in [0.2, 0.25) is 0 Å². The first kappa shape index (κ1) is 11.1. The second-order valence-electron chi connectivity index (χ2n) is 3.68. The van der Waals surface area contributed by atoms with Crippen LogP contribution >= 0.6 is 15.9 Å². The normalized spacial score (nSPS) is 10.9. The molecule has 1 heterocycles. The third kappa shape index (κ3) is 3.04. The molecule has 16 heavy (non-hydrogen) atoms. The van der Waals surface area contributed by atoms with Crippen molar-refractivity contribution in [1.82, 2.24) is 4.98 Å². The highest BCUT2D eigenvalue weighted by Crippen LogP contribution is 2.13. The molecule has 2 rings (SSSR count). The van der Waals surface area contributed by atoms with Crippen LogP contribution in [0.5, 0.6) is 0 Å². The van der Waals surface area contributed by atoms with Crippen molar-refractivity contribution in [2.45, 2.75) is 6.92 Å². The van der Waals surface area contributed by atoms with E-state index in [0.717, 1.165) is 10.0 Å². The molecule has 0 N–H and O–H groups in total. The van der Waals surface area contributed by atoms with Crippen molar-refractivity contribution in [1.29, 1.82) is 0 Å². The number of halogens is 1. The summed E-state index contributed by atoms with van der Waals surface area (Å²) in [6.45, 7) is 2.09. The Morgan fingerprint density at radius 1 is 1.00 bits per heavy atom. The van der Waals surface area contributed by atoms with Gasteiger partial charge >= 0.3 is 0 Å². The van der Waals surface area contributed by atoms with E-state index >= 15 is 0 Å². The largest absolute Gasteiger partial charge is 0.263 e. The number of nitrogens with zero attached hydrogens (tertiary/aromatic N) is 1. The van der Waals surface area contributed by atoms with Gasteiger partial charge in [0.1, 0.15) is 0 Å². The Morgan fingerprint density at radius 3 is 2.38 bits per heavy atom. The number of hydrogen-bond donors (Lipinski definition) is 0. The molecule has 0 saturated heterocycles. The number of benzene rings is 1. The fourth-order valence-electron chi connectivity index (χ4n) is 1.39. The third-order valence-electron chi connectivity index (χ3n) is 2.27. The fraction of sp³-hybridized carbons (Fsp3) is 0.0714. The summed E-state index contributed by atoms with van der Waals surface area (Å²) < 4.78 is 0.999. The molecule has 1 nitrogen and oxygen atoms in total. The predicted octanol–water partition coefficient (Wildman–Crippen LogP) is 4.32. The van der Waals surface area contributed by atoms with Gasteiger partial charge in [0, 0.05) is 16.9 Å². The zero-order valence-electron chi connectivity index (χ0n) is 9.02. The maximum atomic E-state index is 4.11. The van der Waals surface area contributed by atoms with Crippen molar-refractivity contribution >= 4 is 28.1 Å². The summed E-state index contributed by atoms with van der Waals surface area (Å²) in [5, 5.41) is 0. The molecule has 0 aliphatic rings. The van der Waals surface area contributed by atoms with E-state index in [-0.39, 0.29) is 0 Å². The first-order valence-electron chi connectivity index (χ1n) is 5.09. The molecule has 0 aliphatic heterocycles. The van der Waals surface area contributed by atoms with Gasteiger partial charge in [0.2, 0.25) is 0 Å². The van der Waals surface area contributed by atoms with Crippen molar-refractivity contribution < 1.29 is 0 Å². The predicted molar refractivity (Wildman–Crippen MR) is 72.0 cm³/mol. The van der Waals surface area contributed by atoms with Crippen molar-refractivity contribution in [2.24, 2.45) is 0 Å². The van der Waals surface area contributed by atoms with E-state index in [1.807, 2.05) is 12.3 Å². The van der Waals surface area contributed by atoms with Gasteiger partial charge in [-0.25, -0.2) is 0 Å². The minimum atomic E-state index is 0.999. The van der Waals surface area contributed by atoms with Gasteiger partial charge in [-0.1, -0.05) is 42.0 Å². The smallest absolute Gasteiger partial charge is 0.0410 e. The SMILES string of the molecule is Cc1ccc(C=Cc2cncc(Br)c2)cc1. The Hall–Kier alpha value is -1.41. The monoisotopic (exact) mass is 273 g/mol. The molecule has 0 amide bonds. The lowest BCUT2D eigenvalue weighted by atomic mass is 10.1. The molecule has 0 fully saturated rings. The van der Waals surface area contributed by atoms with Crippen LogP contribution in [0, 0.1) is 6.92 Å². The second kappa shape index (κ2) is 5.08. The summed E-state index contributed by atoms with van der Waals surface area (Å²) in [6, 6.07) is 10.5. The molecular formula is C14H12BrN. The summed E-state index contributed by atoms with van der Waals surface area (Å²) in [7, 11) is 0. The van der Waals surface area contributed by atoms with Crippen LogP contribution in [0.3, 0.4) is 0 Å². The molecule has 0 saturated carbocycles. The van der Waals surface area contributed by atoms with Gasteiger partial charge in [-0.2, -0.15) is 0 Å². The highest BCUT2D eigenvalue weighted by Gasteiger charge is 1.90. The Balaban J connectivity index is 2.18. The van der Waals surface area contributed by atoms with Gasteiger partial charge in [0.15, 0.2) is 0 Å². The molecule has 2 aromatic rings. The first-order chi connectivity index (χ1) is 7.74. The zero-order valence-corrected chi connectivity index (χ0v) is 10.6. The van der Waals surface area contributed by atoms with E-state index in [9.17, 15) is 0 Å². The molecule has 0 atom stereocenters. The minimum absolute atomic E-state index is 0.999. The average Bonchev–Trinajstić information content (AvgIpc) is 2.28. The maximum absolute atomic E-state index is 4.11. The van der Waals surface area contributed by atoms with E-state index in [2.05, 4.69) is 64.3 Å². The summed E-state index contributed by atoms with van der Waals surface area (Å²) in [5.74, 6) is 0. The summed E-state index contributed by atoms with van der Waals surface area (Å²) >= 11 is 3.40. The van der Waals surface area contributed by atoms with Crippen LogP contribution in [0.1, 0.15) is 16.7 Å². The van der Waals surface area contributed by atoms with Crippen molar-refractivity contribution in [3.63, 3.8) is 0 Å². The average molecular weight is 274 g/mol. The van der Waals surface area contributed by atoms with Crippen LogP contribution < -0.4 is 0 Å². The minimum Gasteiger partial charge on any atom is -0.263 e. The van der Waals surface area contributed by atoms with Crippen molar-refractivity contribution in [3.05, 3.63) is 63.9 Å². The second-order valence-corrected chi connectivity index (χ2v) is 4.60. The topological polar surface area (TPSA) is 12.9 Å². The van der Waals surface area contributed by atoms with Gasteiger partial charge < -0.3 is 0 Å². The number of aryl methyl sites for hydroxylation is 1. The molecule has 1 aromatic heterocycles. The standard InChI is InChI=1S/C14H12BrN/c1-11-2-4-12(5-3-11)6-7-13-8-14(15)10-16-9-13/h2-10H,1H3. The quantitative estimate of drug-likeness (QED) is 0.794. The maximum Gasteiger partial charge on any atom is 0.0410 e. The van der Waals surface area contributed by atoms with Crippen LogP contribution in [0.4, 0.5) is 0 Å². The number of aromatic nitrogens is 1. The Kier molecular flexibility index (Phi) is 3.52. The number of pyridine rings is 1. The molecule has 0 bridgehead atoms. The molecule has 2 heteroatoms. The van der Waals surface area contributed by atoms with E-state index in [4.69, 9.17) is 0 Å². The summed E-state index contributed by atoms with van der Waals surface area (Å²) in [6.07, 6.45) is 7.77. The molecule has 0 spiro atoms. The van der Waals surface area contributed by atoms with Gasteiger partial charge in [0.05, 0.1) is 0 Å². The van der Waals surface area contributed by atoms with Crippen LogP contribution in [-0.4, -0.2) is 4.98 Å². The molecular weight excluding hydrogens is 262 g/mol. The van der Waals surface area contributed by atoms with Gasteiger partial charge in [0.25, 0.3) is 0 Å². The van der Waals surface area contributed by atoms with Crippen LogP contribution in [-0.2, 0) is 0 Å². The van der Waals surface area contributed by atoms with Gasteiger partial charge in [-0.05, 0) is 40.0 Å². The Labute approximate surface area is 104 Å². The van der Waals surface area contributed by atoms with Crippen LogP contribution in [0.15, 0.2) is 47.2 Å². The van der Waals surface area contributed by atoms with Crippen molar-refractivity contribution in [3.8, 4) is 0 Å². The molecule has 80 valence electrons. The van der Waals surface area contributed by atoms with E-state index in [1.165, 1.54) is 11.1 Å². The lowest BCUT2D eigenvalue weighted by Crippen LogP contribution is -1.77. The molecule has 0 unspecified atom stereocenters. The summed E-state index contributed by atoms with van der Waals surface area (Å²) in [5.41, 5.74) is 3.57. The van der Waals surface area contributed by atoms with E-state index in [0.29, 0.717) is 0 Å². The lowest BCUT2D eigenvalue weighted by molar-refractivity contribution is 1.30. The van der Waals surface area contributed by atoms with Gasteiger partial charge in [-0.15, -0.1) is 0 Å². The Morgan fingerprint density at radius 2 is 1.69 bits per heavy atom.